The molecule has 20 heavy (non-hydrogen) atoms. The number of fused-ring (bicyclic) bond motifs is 1. The number of pyridine rings is 1. The molecule has 0 aliphatic carbocycles. The molecule has 1 fully saturated rings. The summed E-state index contributed by atoms with van der Waals surface area (Å²) < 4.78 is 32.3. The Balaban J connectivity index is 2.27. The van der Waals surface area contributed by atoms with Crippen LogP contribution in [0.25, 0.3) is 10.9 Å². The summed E-state index contributed by atoms with van der Waals surface area (Å²) >= 11 is 0. The zero-order chi connectivity index (χ0) is 14.3. The molecule has 0 bridgehead atoms. The van der Waals surface area contributed by atoms with Gasteiger partial charge in [0.25, 0.3) is 0 Å². The Hall–Kier alpha value is -2.08. The van der Waals surface area contributed by atoms with Crippen molar-refractivity contribution in [1.29, 1.82) is 0 Å². The van der Waals surface area contributed by atoms with E-state index in [1.54, 1.807) is 0 Å². The number of aromatic carboxylic acids is 1. The van der Waals surface area contributed by atoms with Crippen molar-refractivity contribution >= 4 is 16.9 Å². The molecule has 0 spiro atoms. The number of nitrogens with zero attached hydrogens (tertiary/aromatic N) is 1. The predicted octanol–water partition coefficient (Wildman–Crippen LogP) is 2.72. The summed E-state index contributed by atoms with van der Waals surface area (Å²) in [5.74, 6) is -3.00. The number of rotatable bonds is 2. The molecule has 0 saturated carbocycles. The molecule has 3 rings (SSSR count). The van der Waals surface area contributed by atoms with Gasteiger partial charge in [-0.05, 0) is 12.5 Å². The zero-order valence-electron chi connectivity index (χ0n) is 10.4. The molecule has 0 radical (unpaired) electrons. The van der Waals surface area contributed by atoms with Gasteiger partial charge in [-0.25, -0.2) is 13.6 Å². The van der Waals surface area contributed by atoms with Crippen LogP contribution in [0, 0.1) is 11.6 Å². The summed E-state index contributed by atoms with van der Waals surface area (Å²) in [5, 5.41) is 9.06. The minimum absolute atomic E-state index is 0.0179. The summed E-state index contributed by atoms with van der Waals surface area (Å²) in [5.41, 5.74) is 0.316. The Morgan fingerprint density at radius 1 is 1.35 bits per heavy atom. The molecule has 1 atom stereocenters. The van der Waals surface area contributed by atoms with Crippen LogP contribution < -0.4 is 0 Å². The molecule has 6 heteroatoms. The van der Waals surface area contributed by atoms with Crippen molar-refractivity contribution in [3.8, 4) is 0 Å². The Morgan fingerprint density at radius 3 is 2.80 bits per heavy atom. The van der Waals surface area contributed by atoms with Crippen LogP contribution >= 0.6 is 0 Å². The van der Waals surface area contributed by atoms with Gasteiger partial charge in [-0.1, -0.05) is 0 Å². The first kappa shape index (κ1) is 12.9. The monoisotopic (exact) mass is 279 g/mol. The first-order chi connectivity index (χ1) is 9.56. The van der Waals surface area contributed by atoms with Crippen molar-refractivity contribution in [3.05, 3.63) is 41.1 Å². The highest BCUT2D eigenvalue weighted by molar-refractivity contribution is 6.02. The van der Waals surface area contributed by atoms with E-state index in [1.807, 2.05) is 0 Å². The maximum atomic E-state index is 13.8. The van der Waals surface area contributed by atoms with Gasteiger partial charge in [0.05, 0.1) is 23.1 Å². The second-order valence-electron chi connectivity index (χ2n) is 4.74. The van der Waals surface area contributed by atoms with Crippen molar-refractivity contribution in [2.45, 2.75) is 12.3 Å². The van der Waals surface area contributed by atoms with Crippen LogP contribution in [0.2, 0.25) is 0 Å². The third-order valence-corrected chi connectivity index (χ3v) is 3.42. The summed E-state index contributed by atoms with van der Waals surface area (Å²) in [6.45, 7) is 1.01. The first-order valence-electron chi connectivity index (χ1n) is 6.17. The second-order valence-corrected chi connectivity index (χ2v) is 4.74. The minimum atomic E-state index is -1.26. The quantitative estimate of drug-likeness (QED) is 0.918. The number of halogens is 2. The molecule has 4 nitrogen and oxygen atoms in total. The van der Waals surface area contributed by atoms with Crippen molar-refractivity contribution < 1.29 is 23.4 Å². The average Bonchev–Trinajstić information content (AvgIpc) is 2.90. The Labute approximate surface area is 113 Å². The first-order valence-corrected chi connectivity index (χ1v) is 6.17. The Bertz CT molecular complexity index is 696. The lowest BCUT2D eigenvalue weighted by molar-refractivity contribution is 0.0698. The van der Waals surface area contributed by atoms with E-state index in [0.717, 1.165) is 12.5 Å². The Kier molecular flexibility index (Phi) is 3.10. The molecule has 104 valence electrons. The van der Waals surface area contributed by atoms with Gasteiger partial charge in [-0.2, -0.15) is 0 Å². The van der Waals surface area contributed by atoms with Crippen LogP contribution in [-0.4, -0.2) is 29.3 Å². The lowest BCUT2D eigenvalue weighted by atomic mass is 9.99. The number of aromatic nitrogens is 1. The molecule has 0 amide bonds. The summed E-state index contributed by atoms with van der Waals surface area (Å²) in [6.07, 6.45) is 0.718. The van der Waals surface area contributed by atoms with Crippen LogP contribution in [0.4, 0.5) is 8.78 Å². The van der Waals surface area contributed by atoms with Crippen LogP contribution in [0.5, 0.6) is 0 Å². The molecular formula is C14H11F2NO3. The second kappa shape index (κ2) is 4.79. The van der Waals surface area contributed by atoms with Crippen LogP contribution in [0.1, 0.15) is 28.4 Å². The fraction of sp³-hybridized carbons (Fsp3) is 0.286. The summed E-state index contributed by atoms with van der Waals surface area (Å²) in [4.78, 5) is 15.5. The van der Waals surface area contributed by atoms with Crippen molar-refractivity contribution in [3.63, 3.8) is 0 Å². The number of carboxylic acid groups (broad SMARTS) is 1. The van der Waals surface area contributed by atoms with Gasteiger partial charge in [-0.3, -0.25) is 4.98 Å². The van der Waals surface area contributed by atoms with E-state index >= 15 is 0 Å². The average molecular weight is 279 g/mol. The number of benzene rings is 1. The lowest BCUT2D eigenvalue weighted by Gasteiger charge is -2.11. The fourth-order valence-electron chi connectivity index (χ4n) is 2.45. The van der Waals surface area contributed by atoms with Crippen molar-refractivity contribution in [1.82, 2.24) is 4.98 Å². The van der Waals surface area contributed by atoms with E-state index < -0.39 is 17.6 Å². The van der Waals surface area contributed by atoms with Gasteiger partial charge in [0, 0.05) is 30.4 Å². The van der Waals surface area contributed by atoms with Gasteiger partial charge in [0.2, 0.25) is 0 Å². The van der Waals surface area contributed by atoms with E-state index in [4.69, 9.17) is 4.74 Å². The molecule has 2 aromatic rings. The third kappa shape index (κ3) is 2.12. The maximum Gasteiger partial charge on any atom is 0.336 e. The van der Waals surface area contributed by atoms with Crippen molar-refractivity contribution in [2.24, 2.45) is 0 Å². The molecular weight excluding hydrogens is 268 g/mol. The van der Waals surface area contributed by atoms with E-state index in [9.17, 15) is 18.7 Å². The highest BCUT2D eigenvalue weighted by atomic mass is 19.1. The largest absolute Gasteiger partial charge is 0.478 e. The predicted molar refractivity (Wildman–Crippen MR) is 66.8 cm³/mol. The van der Waals surface area contributed by atoms with E-state index in [-0.39, 0.29) is 22.4 Å². The topological polar surface area (TPSA) is 59.4 Å². The molecule has 1 N–H and O–H groups in total. The minimum Gasteiger partial charge on any atom is -0.478 e. The summed E-state index contributed by atoms with van der Waals surface area (Å²) in [6, 6.07) is 3.06. The number of hydrogen-bond acceptors (Lipinski definition) is 3. The standard InChI is InChI=1S/C14H11F2NO3/c15-8-3-10(16)13-9(14(18)19)5-11(17-12(13)4-8)7-1-2-20-6-7/h3-5,7H,1-2,6H2,(H,18,19). The molecule has 2 heterocycles. The van der Waals surface area contributed by atoms with E-state index in [0.29, 0.717) is 25.0 Å². The van der Waals surface area contributed by atoms with E-state index in [2.05, 4.69) is 4.98 Å². The number of carbonyl (C=O) groups is 1. The van der Waals surface area contributed by atoms with Gasteiger partial charge >= 0.3 is 5.97 Å². The molecule has 1 aromatic carbocycles. The van der Waals surface area contributed by atoms with E-state index in [1.165, 1.54) is 6.07 Å². The third-order valence-electron chi connectivity index (χ3n) is 3.42. The smallest absolute Gasteiger partial charge is 0.336 e. The fourth-order valence-corrected chi connectivity index (χ4v) is 2.45. The lowest BCUT2D eigenvalue weighted by Crippen LogP contribution is -2.07. The SMILES string of the molecule is O=C(O)c1cc(C2CCOC2)nc2cc(F)cc(F)c12. The summed E-state index contributed by atoms with van der Waals surface area (Å²) in [7, 11) is 0. The van der Waals surface area contributed by atoms with Gasteiger partial charge in [0.15, 0.2) is 0 Å². The molecule has 1 aromatic heterocycles. The molecule has 1 saturated heterocycles. The number of hydrogen-bond donors (Lipinski definition) is 1. The normalized spacial score (nSPS) is 18.6. The number of ether oxygens (including phenoxy) is 1. The van der Waals surface area contributed by atoms with Crippen LogP contribution in [0.15, 0.2) is 18.2 Å². The van der Waals surface area contributed by atoms with Crippen LogP contribution in [0.3, 0.4) is 0 Å². The molecule has 1 aliphatic heterocycles. The van der Waals surface area contributed by atoms with Crippen LogP contribution in [-0.2, 0) is 4.74 Å². The zero-order valence-corrected chi connectivity index (χ0v) is 10.4. The van der Waals surface area contributed by atoms with Gasteiger partial charge < -0.3 is 9.84 Å². The molecule has 1 aliphatic rings. The highest BCUT2D eigenvalue weighted by Crippen LogP contribution is 2.29. The molecule has 1 unspecified atom stereocenters. The maximum absolute atomic E-state index is 13.8. The highest BCUT2D eigenvalue weighted by Gasteiger charge is 2.23. The Morgan fingerprint density at radius 2 is 2.15 bits per heavy atom. The van der Waals surface area contributed by atoms with Gasteiger partial charge in [-0.15, -0.1) is 0 Å². The van der Waals surface area contributed by atoms with Crippen molar-refractivity contribution in [2.75, 3.05) is 13.2 Å². The number of carboxylic acids is 1. The van der Waals surface area contributed by atoms with Gasteiger partial charge in [0.1, 0.15) is 11.6 Å².